The summed E-state index contributed by atoms with van der Waals surface area (Å²) < 4.78 is -0.395. The van der Waals surface area contributed by atoms with Crippen molar-refractivity contribution in [3.63, 3.8) is 0 Å². The lowest BCUT2D eigenvalue weighted by atomic mass is 10.2. The van der Waals surface area contributed by atoms with E-state index in [1.807, 2.05) is 31.2 Å². The minimum Gasteiger partial charge on any atom is -0.268 e. The minimum atomic E-state index is -0.395. The molecule has 0 saturated carbocycles. The normalized spacial score (nSPS) is 9.64. The van der Waals surface area contributed by atoms with Crippen LogP contribution in [0.5, 0.6) is 0 Å². The van der Waals surface area contributed by atoms with Crippen molar-refractivity contribution in [2.45, 2.75) is 11.8 Å². The summed E-state index contributed by atoms with van der Waals surface area (Å²) >= 11 is 6.21. The molecule has 3 heteroatoms. The van der Waals surface area contributed by atoms with Crippen molar-refractivity contribution in [1.29, 1.82) is 0 Å². The van der Waals surface area contributed by atoms with Crippen LogP contribution >= 0.6 is 23.4 Å². The molecule has 0 N–H and O–H groups in total. The molecule has 1 aromatic rings. The number of hydrogen-bond acceptors (Lipinski definition) is 2. The molecule has 1 rings (SSSR count). The second-order valence-electron chi connectivity index (χ2n) is 2.15. The Balaban J connectivity index is 2.74. The van der Waals surface area contributed by atoms with E-state index in [-0.39, 0.29) is 0 Å². The summed E-state index contributed by atoms with van der Waals surface area (Å²) in [4.78, 5) is 11.3. The molecule has 0 aliphatic carbocycles. The molecular weight excluding hydrogens is 180 g/mol. The average Bonchev–Trinajstić information content (AvgIpc) is 1.93. The maximum Gasteiger partial charge on any atom is 0.284 e. The van der Waals surface area contributed by atoms with Crippen LogP contribution in [0.15, 0.2) is 29.2 Å². The first kappa shape index (κ1) is 8.62. The van der Waals surface area contributed by atoms with Gasteiger partial charge in [0.25, 0.3) is 4.57 Å². The first-order chi connectivity index (χ1) is 5.18. The summed E-state index contributed by atoms with van der Waals surface area (Å²) in [6, 6.07) is 7.64. The van der Waals surface area contributed by atoms with Gasteiger partial charge in [-0.15, -0.1) is 0 Å². The van der Waals surface area contributed by atoms with Gasteiger partial charge in [0.2, 0.25) is 0 Å². The lowest BCUT2D eigenvalue weighted by molar-refractivity contribution is 0.276. The first-order valence-electron chi connectivity index (χ1n) is 3.12. The summed E-state index contributed by atoms with van der Waals surface area (Å²) in [5.74, 6) is 0. The Morgan fingerprint density at radius 3 is 2.36 bits per heavy atom. The van der Waals surface area contributed by atoms with Crippen LogP contribution in [0.25, 0.3) is 0 Å². The number of carbonyl (C=O) groups excluding carboxylic acids is 1. The van der Waals surface area contributed by atoms with E-state index in [2.05, 4.69) is 0 Å². The third-order valence-corrected chi connectivity index (χ3v) is 2.12. The molecule has 0 heterocycles. The summed E-state index contributed by atoms with van der Waals surface area (Å²) in [7, 11) is 0. The van der Waals surface area contributed by atoms with Crippen LogP contribution in [0.4, 0.5) is 4.79 Å². The quantitative estimate of drug-likeness (QED) is 0.494. The van der Waals surface area contributed by atoms with Gasteiger partial charge >= 0.3 is 0 Å². The fourth-order valence-electron chi connectivity index (χ4n) is 0.699. The third-order valence-electron chi connectivity index (χ3n) is 1.22. The zero-order valence-electron chi connectivity index (χ0n) is 6.00. The SMILES string of the molecule is Cc1ccc(SC(=O)Cl)cc1. The molecule has 0 radical (unpaired) electrons. The van der Waals surface area contributed by atoms with E-state index in [9.17, 15) is 4.79 Å². The van der Waals surface area contributed by atoms with E-state index in [1.165, 1.54) is 5.56 Å². The number of thioether (sulfide) groups is 1. The standard InChI is InChI=1S/C8H7ClOS/c1-6-2-4-7(5-3-6)11-8(9)10/h2-5H,1H3. The Hall–Kier alpha value is -0.470. The highest BCUT2D eigenvalue weighted by Crippen LogP contribution is 2.21. The van der Waals surface area contributed by atoms with Crippen molar-refractivity contribution in [3.8, 4) is 0 Å². The van der Waals surface area contributed by atoms with Gasteiger partial charge in [-0.1, -0.05) is 17.7 Å². The molecule has 0 atom stereocenters. The molecule has 1 aromatic carbocycles. The topological polar surface area (TPSA) is 17.1 Å². The van der Waals surface area contributed by atoms with Crippen molar-refractivity contribution in [1.82, 2.24) is 0 Å². The summed E-state index contributed by atoms with van der Waals surface area (Å²) in [6.45, 7) is 2.00. The third kappa shape index (κ3) is 2.95. The number of hydrogen-bond donors (Lipinski definition) is 0. The molecule has 0 aliphatic rings. The Morgan fingerprint density at radius 2 is 1.91 bits per heavy atom. The van der Waals surface area contributed by atoms with Gasteiger partial charge in [-0.25, -0.2) is 0 Å². The van der Waals surface area contributed by atoms with Gasteiger partial charge in [0.15, 0.2) is 0 Å². The van der Waals surface area contributed by atoms with E-state index in [4.69, 9.17) is 11.6 Å². The summed E-state index contributed by atoms with van der Waals surface area (Å²) in [6.07, 6.45) is 0. The van der Waals surface area contributed by atoms with Gasteiger partial charge in [0, 0.05) is 4.90 Å². The molecule has 11 heavy (non-hydrogen) atoms. The minimum absolute atomic E-state index is 0.395. The molecule has 0 aromatic heterocycles. The van der Waals surface area contributed by atoms with E-state index in [0.717, 1.165) is 16.7 Å². The van der Waals surface area contributed by atoms with Crippen LogP contribution < -0.4 is 0 Å². The summed E-state index contributed by atoms with van der Waals surface area (Å²) in [5, 5.41) is 0. The van der Waals surface area contributed by atoms with E-state index in [1.54, 1.807) is 0 Å². The van der Waals surface area contributed by atoms with E-state index >= 15 is 0 Å². The van der Waals surface area contributed by atoms with Crippen LogP contribution in [0.1, 0.15) is 5.56 Å². The Labute approximate surface area is 74.7 Å². The van der Waals surface area contributed by atoms with Crippen LogP contribution in [-0.4, -0.2) is 4.57 Å². The molecule has 0 spiro atoms. The number of carbonyl (C=O) groups is 1. The van der Waals surface area contributed by atoms with Gasteiger partial charge < -0.3 is 0 Å². The highest BCUT2D eigenvalue weighted by atomic mass is 35.5. The van der Waals surface area contributed by atoms with Crippen LogP contribution in [0.2, 0.25) is 0 Å². The molecule has 0 unspecified atom stereocenters. The lowest BCUT2D eigenvalue weighted by Crippen LogP contribution is -1.75. The number of benzene rings is 1. The van der Waals surface area contributed by atoms with Crippen LogP contribution in [-0.2, 0) is 0 Å². The van der Waals surface area contributed by atoms with Crippen molar-refractivity contribution < 1.29 is 4.79 Å². The first-order valence-corrected chi connectivity index (χ1v) is 4.32. The maximum absolute atomic E-state index is 10.4. The second-order valence-corrected chi connectivity index (χ2v) is 3.77. The van der Waals surface area contributed by atoms with Crippen molar-refractivity contribution >= 4 is 27.9 Å². The monoisotopic (exact) mass is 186 g/mol. The Morgan fingerprint density at radius 1 is 1.36 bits per heavy atom. The molecule has 0 fully saturated rings. The predicted molar refractivity (Wildman–Crippen MR) is 48.3 cm³/mol. The lowest BCUT2D eigenvalue weighted by Gasteiger charge is -1.95. The molecule has 0 bridgehead atoms. The van der Waals surface area contributed by atoms with Gasteiger partial charge in [-0.05, 0) is 42.4 Å². The molecule has 0 saturated heterocycles. The van der Waals surface area contributed by atoms with Gasteiger partial charge in [0.05, 0.1) is 0 Å². The van der Waals surface area contributed by atoms with E-state index < -0.39 is 4.57 Å². The zero-order valence-corrected chi connectivity index (χ0v) is 7.58. The van der Waals surface area contributed by atoms with Crippen LogP contribution in [0, 0.1) is 6.92 Å². The zero-order chi connectivity index (χ0) is 8.27. The van der Waals surface area contributed by atoms with Crippen molar-refractivity contribution in [2.24, 2.45) is 0 Å². The second kappa shape index (κ2) is 3.79. The fraction of sp³-hybridized carbons (Fsp3) is 0.125. The molecule has 1 nitrogen and oxygen atoms in total. The molecule has 0 amide bonds. The van der Waals surface area contributed by atoms with Gasteiger partial charge in [0.1, 0.15) is 0 Å². The summed E-state index contributed by atoms with van der Waals surface area (Å²) in [5.41, 5.74) is 1.18. The number of halogens is 1. The Kier molecular flexibility index (Phi) is 2.97. The smallest absolute Gasteiger partial charge is 0.268 e. The van der Waals surface area contributed by atoms with Crippen molar-refractivity contribution in [3.05, 3.63) is 29.8 Å². The number of aryl methyl sites for hydroxylation is 1. The fourth-order valence-corrected chi connectivity index (χ4v) is 1.42. The maximum atomic E-state index is 10.4. The molecular formula is C8H7ClOS. The van der Waals surface area contributed by atoms with Crippen molar-refractivity contribution in [2.75, 3.05) is 0 Å². The van der Waals surface area contributed by atoms with Gasteiger partial charge in [-0.2, -0.15) is 0 Å². The molecule has 0 aliphatic heterocycles. The average molecular weight is 187 g/mol. The van der Waals surface area contributed by atoms with Gasteiger partial charge in [-0.3, -0.25) is 4.79 Å². The predicted octanol–water partition coefficient (Wildman–Crippen LogP) is 3.45. The van der Waals surface area contributed by atoms with E-state index in [0.29, 0.717) is 0 Å². The Bertz CT molecular complexity index is 255. The largest absolute Gasteiger partial charge is 0.284 e. The number of rotatable bonds is 1. The highest BCUT2D eigenvalue weighted by molar-refractivity contribution is 8.16. The van der Waals surface area contributed by atoms with Crippen LogP contribution in [0.3, 0.4) is 0 Å². The molecule has 58 valence electrons. The highest BCUT2D eigenvalue weighted by Gasteiger charge is 1.98.